The SMILES string of the molecule is S.S=[PH]1C[PH](=S)C1. The summed E-state index contributed by atoms with van der Waals surface area (Å²) in [5.74, 6) is 2.61. The molecule has 0 aliphatic carbocycles. The van der Waals surface area contributed by atoms with Crippen LogP contribution in [0.15, 0.2) is 0 Å². The van der Waals surface area contributed by atoms with E-state index in [1.54, 1.807) is 0 Å². The van der Waals surface area contributed by atoms with Crippen molar-refractivity contribution in [3.63, 3.8) is 0 Å². The summed E-state index contributed by atoms with van der Waals surface area (Å²) in [6, 6.07) is 0. The number of hydrogen-bond acceptors (Lipinski definition) is 2. The van der Waals surface area contributed by atoms with Crippen LogP contribution in [0.5, 0.6) is 0 Å². The topological polar surface area (TPSA) is 0 Å². The Labute approximate surface area is 62.4 Å². The molecule has 0 aromatic carbocycles. The first-order valence-corrected chi connectivity index (χ1v) is 7.92. The van der Waals surface area contributed by atoms with Crippen molar-refractivity contribution in [2.45, 2.75) is 0 Å². The molecule has 0 radical (unpaired) electrons. The van der Waals surface area contributed by atoms with Gasteiger partial charge in [0.1, 0.15) is 0 Å². The number of hydrogen-bond donors (Lipinski definition) is 0. The van der Waals surface area contributed by atoms with Crippen LogP contribution in [0.2, 0.25) is 0 Å². The van der Waals surface area contributed by atoms with E-state index < -0.39 is 0 Å². The average molecular weight is 190 g/mol. The molecular formula is C2H8P2S3. The highest BCUT2D eigenvalue weighted by molar-refractivity contribution is 8.23. The highest BCUT2D eigenvalue weighted by Gasteiger charge is 2.10. The monoisotopic (exact) mass is 190 g/mol. The molecule has 1 heterocycles. The molecule has 1 aliphatic heterocycles. The molecule has 0 aromatic rings. The number of rotatable bonds is 0. The summed E-state index contributed by atoms with van der Waals surface area (Å²) in [6.07, 6.45) is 0. The van der Waals surface area contributed by atoms with Crippen LogP contribution in [0.25, 0.3) is 0 Å². The fourth-order valence-corrected chi connectivity index (χ4v) is 11.4. The fraction of sp³-hybridized carbons (Fsp3) is 1.00. The molecular weight excluding hydrogens is 182 g/mol. The molecule has 1 fully saturated rings. The van der Waals surface area contributed by atoms with Gasteiger partial charge < -0.3 is 0 Å². The molecule has 0 bridgehead atoms. The summed E-state index contributed by atoms with van der Waals surface area (Å²) in [7, 11) is 0. The average Bonchev–Trinajstić information content (AvgIpc) is 1.33. The predicted octanol–water partition coefficient (Wildman–Crippen LogP) is 1.38. The molecule has 0 spiro atoms. The molecule has 1 aliphatic rings. The third-order valence-corrected chi connectivity index (χ3v) is 12.3. The van der Waals surface area contributed by atoms with Crippen LogP contribution in [-0.2, 0) is 23.6 Å². The van der Waals surface area contributed by atoms with Crippen molar-refractivity contribution >= 4 is 50.5 Å². The Morgan fingerprint density at radius 3 is 1.29 bits per heavy atom. The summed E-state index contributed by atoms with van der Waals surface area (Å²) in [5, 5.41) is 0. The van der Waals surface area contributed by atoms with Crippen LogP contribution in [0, 0.1) is 0 Å². The zero-order valence-corrected chi connectivity index (χ0v) is 8.36. The van der Waals surface area contributed by atoms with Crippen molar-refractivity contribution < 1.29 is 0 Å². The van der Waals surface area contributed by atoms with Crippen molar-refractivity contribution in [1.29, 1.82) is 0 Å². The Bertz CT molecular complexity index is 87.5. The predicted molar refractivity (Wildman–Crippen MR) is 51.5 cm³/mol. The normalized spacial score (nSPS) is 38.3. The van der Waals surface area contributed by atoms with Gasteiger partial charge in [-0.15, -0.1) is 23.6 Å². The molecule has 1 rings (SSSR count). The molecule has 0 amide bonds. The summed E-state index contributed by atoms with van der Waals surface area (Å²) >= 11 is 10.0. The molecule has 5 heteroatoms. The van der Waals surface area contributed by atoms with Gasteiger partial charge in [0.05, 0.1) is 0 Å². The van der Waals surface area contributed by atoms with E-state index in [-0.39, 0.29) is 26.9 Å². The van der Waals surface area contributed by atoms with Crippen LogP contribution in [0.1, 0.15) is 0 Å². The van der Waals surface area contributed by atoms with Crippen molar-refractivity contribution in [3.05, 3.63) is 0 Å². The van der Waals surface area contributed by atoms with E-state index in [2.05, 4.69) is 0 Å². The first-order valence-electron chi connectivity index (χ1n) is 1.82. The van der Waals surface area contributed by atoms with Crippen LogP contribution >= 0.6 is 26.9 Å². The zero-order valence-electron chi connectivity index (χ0n) is 3.73. The maximum absolute atomic E-state index is 5.00. The van der Waals surface area contributed by atoms with Gasteiger partial charge in [-0.25, -0.2) is 0 Å². The third kappa shape index (κ3) is 2.62. The Kier molecular flexibility index (Phi) is 4.49. The molecule has 1 saturated heterocycles. The lowest BCUT2D eigenvalue weighted by Gasteiger charge is -2.15. The molecule has 0 aromatic heterocycles. The first kappa shape index (κ1) is 8.65. The minimum atomic E-state index is -0.218. The van der Waals surface area contributed by atoms with E-state index >= 15 is 0 Å². The molecule has 0 saturated carbocycles. The van der Waals surface area contributed by atoms with Gasteiger partial charge in [0.2, 0.25) is 0 Å². The van der Waals surface area contributed by atoms with Gasteiger partial charge in [-0.2, -0.15) is 13.5 Å². The zero-order chi connectivity index (χ0) is 4.57. The van der Waals surface area contributed by atoms with Gasteiger partial charge in [0.15, 0.2) is 0 Å². The minimum absolute atomic E-state index is 0. The summed E-state index contributed by atoms with van der Waals surface area (Å²) in [6.45, 7) is -0.435. The molecule has 7 heavy (non-hydrogen) atoms. The highest BCUT2D eigenvalue weighted by atomic mass is 32.5. The van der Waals surface area contributed by atoms with E-state index in [4.69, 9.17) is 23.6 Å². The maximum atomic E-state index is 5.00. The van der Waals surface area contributed by atoms with E-state index in [9.17, 15) is 0 Å². The van der Waals surface area contributed by atoms with Crippen LogP contribution in [0.3, 0.4) is 0 Å². The minimum Gasteiger partial charge on any atom is -0.197 e. The molecule has 0 unspecified atom stereocenters. The van der Waals surface area contributed by atoms with Crippen molar-refractivity contribution in [3.8, 4) is 0 Å². The third-order valence-electron chi connectivity index (χ3n) is 0.789. The lowest BCUT2D eigenvalue weighted by molar-refractivity contribution is 1.94. The van der Waals surface area contributed by atoms with Gasteiger partial charge in [-0.05, 0) is 13.4 Å². The van der Waals surface area contributed by atoms with Gasteiger partial charge in [-0.1, -0.05) is 0 Å². The van der Waals surface area contributed by atoms with Crippen LogP contribution in [-0.4, -0.2) is 11.8 Å². The van der Waals surface area contributed by atoms with Crippen molar-refractivity contribution in [2.75, 3.05) is 11.8 Å². The highest BCUT2D eigenvalue weighted by Crippen LogP contribution is 2.53. The smallest absolute Gasteiger partial charge is 0.00170 e. The van der Waals surface area contributed by atoms with E-state index in [1.807, 2.05) is 0 Å². The Morgan fingerprint density at radius 1 is 1.00 bits per heavy atom. The van der Waals surface area contributed by atoms with Crippen LogP contribution < -0.4 is 0 Å². The second-order valence-corrected chi connectivity index (χ2v) is 9.88. The molecule has 0 nitrogen and oxygen atoms in total. The summed E-state index contributed by atoms with van der Waals surface area (Å²) < 4.78 is 0. The van der Waals surface area contributed by atoms with E-state index in [0.717, 1.165) is 0 Å². The summed E-state index contributed by atoms with van der Waals surface area (Å²) in [4.78, 5) is 0. The standard InChI is InChI=1S/C2H6P2S2.H2S/c5-3-1-4(6)2-3;/h3-4H,1-2H2;1H2. The quantitative estimate of drug-likeness (QED) is 0.529. The first-order chi connectivity index (χ1) is 2.79. The lowest BCUT2D eigenvalue weighted by Crippen LogP contribution is -1.84. The second-order valence-electron chi connectivity index (χ2n) is 1.43. The Morgan fingerprint density at radius 2 is 1.29 bits per heavy atom. The maximum Gasteiger partial charge on any atom is 0.00170 e. The van der Waals surface area contributed by atoms with Gasteiger partial charge in [0, 0.05) is 11.8 Å². The van der Waals surface area contributed by atoms with E-state index in [1.165, 1.54) is 11.8 Å². The van der Waals surface area contributed by atoms with Crippen LogP contribution in [0.4, 0.5) is 0 Å². The van der Waals surface area contributed by atoms with E-state index in [0.29, 0.717) is 0 Å². The lowest BCUT2D eigenvalue weighted by atomic mass is 11.8. The molecule has 0 atom stereocenters. The largest absolute Gasteiger partial charge is 0.197 e. The Hall–Kier alpha value is 1.65. The molecule has 44 valence electrons. The molecule has 0 N–H and O–H groups in total. The van der Waals surface area contributed by atoms with Gasteiger partial charge in [-0.3, -0.25) is 0 Å². The van der Waals surface area contributed by atoms with Crippen molar-refractivity contribution in [2.24, 2.45) is 0 Å². The van der Waals surface area contributed by atoms with Crippen molar-refractivity contribution in [1.82, 2.24) is 0 Å². The van der Waals surface area contributed by atoms with Gasteiger partial charge in [0.25, 0.3) is 0 Å². The fourth-order valence-electron chi connectivity index (χ4n) is 0.388. The summed E-state index contributed by atoms with van der Waals surface area (Å²) in [5.41, 5.74) is 0. The van der Waals surface area contributed by atoms with Gasteiger partial charge >= 0.3 is 0 Å². The second kappa shape index (κ2) is 3.63. The Balaban J connectivity index is 0.000000360.